The fraction of sp³-hybridized carbons (Fsp3) is 0.130. The zero-order valence-corrected chi connectivity index (χ0v) is 16.6. The Morgan fingerprint density at radius 3 is 2.32 bits per heavy atom. The maximum absolute atomic E-state index is 12.5. The minimum atomic E-state index is -0.372. The lowest BCUT2D eigenvalue weighted by atomic mass is 10.1. The molecule has 0 saturated heterocycles. The lowest BCUT2D eigenvalue weighted by molar-refractivity contribution is 0.0527. The van der Waals surface area contributed by atoms with Crippen LogP contribution in [0.2, 0.25) is 0 Å². The second-order valence-corrected chi connectivity index (χ2v) is 7.08. The molecule has 0 spiro atoms. The van der Waals surface area contributed by atoms with Crippen molar-refractivity contribution in [2.45, 2.75) is 13.8 Å². The van der Waals surface area contributed by atoms with Gasteiger partial charge in [-0.1, -0.05) is 60.7 Å². The molecule has 4 nitrogen and oxygen atoms in total. The summed E-state index contributed by atoms with van der Waals surface area (Å²) in [4.78, 5) is 25.7. The number of benzene rings is 2. The molecule has 1 N–H and O–H groups in total. The number of ketones is 1. The molecule has 0 radical (unpaired) electrons. The summed E-state index contributed by atoms with van der Waals surface area (Å²) >= 11 is 1.47. The molecule has 3 rings (SSSR count). The zero-order chi connectivity index (χ0) is 19.9. The van der Waals surface area contributed by atoms with Gasteiger partial charge in [-0.15, -0.1) is 11.3 Å². The Kier molecular flexibility index (Phi) is 6.40. The lowest BCUT2D eigenvalue weighted by Gasteiger charge is -2.05. The highest BCUT2D eigenvalue weighted by molar-refractivity contribution is 7.20. The Hall–Kier alpha value is -3.18. The van der Waals surface area contributed by atoms with Crippen LogP contribution in [0.3, 0.4) is 0 Å². The van der Waals surface area contributed by atoms with E-state index in [0.29, 0.717) is 22.7 Å². The van der Waals surface area contributed by atoms with E-state index in [9.17, 15) is 9.59 Å². The molecule has 1 heterocycles. The number of nitrogens with one attached hydrogen (secondary N) is 1. The quantitative estimate of drug-likeness (QED) is 0.318. The molecule has 0 bridgehead atoms. The normalized spacial score (nSPS) is 10.8. The summed E-state index contributed by atoms with van der Waals surface area (Å²) in [5, 5.41) is 3.76. The standard InChI is InChI=1S/C23H21NO3S/c1-3-27-23(26)20-16(2)21(18-12-8-5-9-13-18)28-22(20)24-15-14-19(25)17-10-6-4-7-11-17/h4-15,24H,3H2,1-2H3/b15-14+. The van der Waals surface area contributed by atoms with Gasteiger partial charge in [0.2, 0.25) is 0 Å². The second-order valence-electron chi connectivity index (χ2n) is 6.05. The molecule has 0 aliphatic carbocycles. The summed E-state index contributed by atoms with van der Waals surface area (Å²) < 4.78 is 5.23. The molecule has 2 aromatic carbocycles. The molecule has 0 saturated carbocycles. The van der Waals surface area contributed by atoms with Crippen LogP contribution < -0.4 is 5.32 Å². The van der Waals surface area contributed by atoms with Gasteiger partial charge in [-0.3, -0.25) is 4.79 Å². The van der Waals surface area contributed by atoms with E-state index >= 15 is 0 Å². The summed E-state index contributed by atoms with van der Waals surface area (Å²) in [6.45, 7) is 3.99. The summed E-state index contributed by atoms with van der Waals surface area (Å²) in [6, 6.07) is 18.9. The van der Waals surface area contributed by atoms with Gasteiger partial charge in [-0.2, -0.15) is 0 Å². The number of thiophene rings is 1. The zero-order valence-electron chi connectivity index (χ0n) is 15.8. The highest BCUT2D eigenvalue weighted by Gasteiger charge is 2.22. The molecular weight excluding hydrogens is 370 g/mol. The number of hydrogen-bond acceptors (Lipinski definition) is 5. The highest BCUT2D eigenvalue weighted by atomic mass is 32.1. The third kappa shape index (κ3) is 4.38. The average molecular weight is 391 g/mol. The first-order chi connectivity index (χ1) is 13.6. The fourth-order valence-corrected chi connectivity index (χ4v) is 4.00. The third-order valence-electron chi connectivity index (χ3n) is 4.17. The number of carbonyl (C=O) groups is 2. The second kappa shape index (κ2) is 9.15. The van der Waals surface area contributed by atoms with Crippen LogP contribution in [0.1, 0.15) is 33.2 Å². The average Bonchev–Trinajstić information content (AvgIpc) is 3.05. The van der Waals surface area contributed by atoms with Gasteiger partial charge in [0, 0.05) is 22.7 Å². The van der Waals surface area contributed by atoms with Gasteiger partial charge in [0.25, 0.3) is 0 Å². The Balaban J connectivity index is 1.89. The highest BCUT2D eigenvalue weighted by Crippen LogP contribution is 2.40. The molecule has 1 aromatic heterocycles. The molecule has 0 unspecified atom stereocenters. The van der Waals surface area contributed by atoms with Gasteiger partial charge in [-0.25, -0.2) is 4.79 Å². The van der Waals surface area contributed by atoms with E-state index in [4.69, 9.17) is 4.74 Å². The largest absolute Gasteiger partial charge is 0.462 e. The van der Waals surface area contributed by atoms with Crippen LogP contribution in [-0.4, -0.2) is 18.4 Å². The third-order valence-corrected chi connectivity index (χ3v) is 5.44. The van der Waals surface area contributed by atoms with Crippen molar-refractivity contribution >= 4 is 28.1 Å². The summed E-state index contributed by atoms with van der Waals surface area (Å²) in [5.74, 6) is -0.480. The molecule has 3 aromatic rings. The molecule has 0 atom stereocenters. The lowest BCUT2D eigenvalue weighted by Crippen LogP contribution is -2.07. The fourth-order valence-electron chi connectivity index (χ4n) is 2.82. The van der Waals surface area contributed by atoms with Crippen LogP contribution in [0, 0.1) is 6.92 Å². The van der Waals surface area contributed by atoms with E-state index in [-0.39, 0.29) is 11.8 Å². The molecule has 0 aliphatic rings. The van der Waals surface area contributed by atoms with Crippen molar-refractivity contribution in [3.63, 3.8) is 0 Å². The Bertz CT molecular complexity index is 991. The number of ether oxygens (including phenoxy) is 1. The van der Waals surface area contributed by atoms with Gasteiger partial charge in [0.05, 0.1) is 12.2 Å². The number of carbonyl (C=O) groups excluding carboxylic acids is 2. The van der Waals surface area contributed by atoms with Gasteiger partial charge in [-0.05, 0) is 25.0 Å². The molecule has 0 fully saturated rings. The summed E-state index contributed by atoms with van der Waals surface area (Å²) in [5.41, 5.74) is 3.01. The van der Waals surface area contributed by atoms with Gasteiger partial charge in [0.1, 0.15) is 5.00 Å². The monoisotopic (exact) mass is 391 g/mol. The first-order valence-electron chi connectivity index (χ1n) is 9.00. The van der Waals surface area contributed by atoms with Crippen LogP contribution in [-0.2, 0) is 4.74 Å². The van der Waals surface area contributed by atoms with Crippen molar-refractivity contribution in [1.29, 1.82) is 0 Å². The smallest absolute Gasteiger partial charge is 0.341 e. The number of hydrogen-bond donors (Lipinski definition) is 1. The molecule has 0 aliphatic heterocycles. The van der Waals surface area contributed by atoms with Crippen LogP contribution in [0.5, 0.6) is 0 Å². The first-order valence-corrected chi connectivity index (χ1v) is 9.81. The van der Waals surface area contributed by atoms with Crippen LogP contribution in [0.15, 0.2) is 72.9 Å². The molecule has 142 valence electrons. The number of anilines is 1. The van der Waals surface area contributed by atoms with Crippen molar-refractivity contribution < 1.29 is 14.3 Å². The molecule has 0 amide bonds. The SMILES string of the molecule is CCOC(=O)c1c(N/C=C/C(=O)c2ccccc2)sc(-c2ccccc2)c1C. The predicted molar refractivity (Wildman–Crippen MR) is 114 cm³/mol. The van der Waals surface area contributed by atoms with Crippen molar-refractivity contribution in [1.82, 2.24) is 0 Å². The van der Waals surface area contributed by atoms with E-state index in [1.807, 2.05) is 55.5 Å². The van der Waals surface area contributed by atoms with Crippen LogP contribution >= 0.6 is 11.3 Å². The number of rotatable bonds is 7. The minimum absolute atomic E-state index is 0.109. The van der Waals surface area contributed by atoms with Gasteiger partial charge >= 0.3 is 5.97 Å². The molecular formula is C23H21NO3S. The minimum Gasteiger partial charge on any atom is -0.462 e. The molecule has 5 heteroatoms. The van der Waals surface area contributed by atoms with E-state index in [1.54, 1.807) is 25.3 Å². The number of allylic oxidation sites excluding steroid dienone is 1. The van der Waals surface area contributed by atoms with Crippen molar-refractivity contribution in [3.05, 3.63) is 89.6 Å². The van der Waals surface area contributed by atoms with Gasteiger partial charge in [0.15, 0.2) is 5.78 Å². The maximum Gasteiger partial charge on any atom is 0.341 e. The number of esters is 1. The van der Waals surface area contributed by atoms with Crippen molar-refractivity contribution in [3.8, 4) is 10.4 Å². The maximum atomic E-state index is 12.5. The summed E-state index contributed by atoms with van der Waals surface area (Å²) in [6.07, 6.45) is 3.03. The Labute approximate surface area is 168 Å². The van der Waals surface area contributed by atoms with Gasteiger partial charge < -0.3 is 10.1 Å². The van der Waals surface area contributed by atoms with E-state index < -0.39 is 0 Å². The molecule has 28 heavy (non-hydrogen) atoms. The van der Waals surface area contributed by atoms with E-state index in [2.05, 4.69) is 5.32 Å². The first kappa shape index (κ1) is 19.6. The Morgan fingerprint density at radius 2 is 1.68 bits per heavy atom. The Morgan fingerprint density at radius 1 is 1.04 bits per heavy atom. The summed E-state index contributed by atoms with van der Waals surface area (Å²) in [7, 11) is 0. The van der Waals surface area contributed by atoms with E-state index in [0.717, 1.165) is 16.0 Å². The van der Waals surface area contributed by atoms with Crippen molar-refractivity contribution in [2.75, 3.05) is 11.9 Å². The predicted octanol–water partition coefficient (Wildman–Crippen LogP) is 5.71. The van der Waals surface area contributed by atoms with E-state index in [1.165, 1.54) is 17.4 Å². The van der Waals surface area contributed by atoms with Crippen molar-refractivity contribution in [2.24, 2.45) is 0 Å². The topological polar surface area (TPSA) is 55.4 Å². The van der Waals surface area contributed by atoms with Crippen LogP contribution in [0.25, 0.3) is 10.4 Å². The van der Waals surface area contributed by atoms with Crippen LogP contribution in [0.4, 0.5) is 5.00 Å².